The summed E-state index contributed by atoms with van der Waals surface area (Å²) in [6.07, 6.45) is 1.87. The van der Waals surface area contributed by atoms with Crippen LogP contribution >= 0.6 is 22.6 Å². The van der Waals surface area contributed by atoms with Crippen LogP contribution in [0.4, 0.5) is 0 Å². The third-order valence-electron chi connectivity index (χ3n) is 3.73. The lowest BCUT2D eigenvalue weighted by Gasteiger charge is -2.27. The van der Waals surface area contributed by atoms with Crippen LogP contribution in [0.1, 0.15) is 15.9 Å². The predicted molar refractivity (Wildman–Crippen MR) is 98.7 cm³/mol. The molecule has 3 rings (SSSR count). The van der Waals surface area contributed by atoms with Gasteiger partial charge in [0, 0.05) is 5.56 Å². The van der Waals surface area contributed by atoms with Gasteiger partial charge in [0.05, 0.1) is 23.2 Å². The SMILES string of the molecule is O=C(/C(=C/c1ccccc1)C1(CI)OCCO1)c1ccccc1. The number of carbonyl (C=O) groups excluding carboxylic acids is 1. The molecule has 23 heavy (non-hydrogen) atoms. The molecule has 0 unspecified atom stereocenters. The number of hydrogen-bond donors (Lipinski definition) is 0. The molecule has 3 nitrogen and oxygen atoms in total. The summed E-state index contributed by atoms with van der Waals surface area (Å²) in [6, 6.07) is 19.0. The van der Waals surface area contributed by atoms with E-state index in [1.165, 1.54) is 0 Å². The van der Waals surface area contributed by atoms with Crippen molar-refractivity contribution in [1.82, 2.24) is 0 Å². The van der Waals surface area contributed by atoms with Crippen molar-refractivity contribution in [2.75, 3.05) is 17.6 Å². The van der Waals surface area contributed by atoms with E-state index in [0.29, 0.717) is 28.8 Å². The van der Waals surface area contributed by atoms with E-state index >= 15 is 0 Å². The maximum atomic E-state index is 13.1. The minimum atomic E-state index is -0.969. The van der Waals surface area contributed by atoms with E-state index in [4.69, 9.17) is 9.47 Å². The highest BCUT2D eigenvalue weighted by molar-refractivity contribution is 14.1. The second-order valence-corrected chi connectivity index (χ2v) is 6.01. The quantitative estimate of drug-likeness (QED) is 0.316. The zero-order valence-electron chi connectivity index (χ0n) is 12.6. The van der Waals surface area contributed by atoms with Crippen molar-refractivity contribution in [3.05, 3.63) is 77.4 Å². The van der Waals surface area contributed by atoms with Crippen LogP contribution in [0.5, 0.6) is 0 Å². The zero-order chi connectivity index (χ0) is 16.1. The average Bonchev–Trinajstić information content (AvgIpc) is 3.11. The van der Waals surface area contributed by atoms with Gasteiger partial charge in [-0.05, 0) is 11.6 Å². The largest absolute Gasteiger partial charge is 0.343 e. The molecule has 0 aliphatic carbocycles. The number of ketones is 1. The zero-order valence-corrected chi connectivity index (χ0v) is 14.7. The highest BCUT2D eigenvalue weighted by atomic mass is 127. The van der Waals surface area contributed by atoms with Gasteiger partial charge in [-0.1, -0.05) is 83.3 Å². The van der Waals surface area contributed by atoms with Crippen LogP contribution in [0.25, 0.3) is 6.08 Å². The molecule has 0 aromatic heterocycles. The van der Waals surface area contributed by atoms with E-state index in [9.17, 15) is 4.79 Å². The first-order valence-corrected chi connectivity index (χ1v) is 8.98. The lowest BCUT2D eigenvalue weighted by molar-refractivity contribution is -0.0997. The molecule has 0 radical (unpaired) electrons. The number of Topliss-reactive ketones (excluding diaryl/α,β-unsaturated/α-hetero) is 1. The molecule has 0 spiro atoms. The van der Waals surface area contributed by atoms with Crippen molar-refractivity contribution in [2.24, 2.45) is 0 Å². The number of halogens is 1. The summed E-state index contributed by atoms with van der Waals surface area (Å²) in [5, 5.41) is 0. The molecule has 1 saturated heterocycles. The van der Waals surface area contributed by atoms with Crippen LogP contribution in [-0.2, 0) is 9.47 Å². The minimum absolute atomic E-state index is 0.0620. The predicted octanol–water partition coefficient (Wildman–Crippen LogP) is 4.13. The highest BCUT2D eigenvalue weighted by Crippen LogP contribution is 2.34. The molecule has 1 heterocycles. The van der Waals surface area contributed by atoms with Gasteiger partial charge in [0.25, 0.3) is 0 Å². The van der Waals surface area contributed by atoms with Gasteiger partial charge >= 0.3 is 0 Å². The summed E-state index contributed by atoms with van der Waals surface area (Å²) in [4.78, 5) is 13.1. The summed E-state index contributed by atoms with van der Waals surface area (Å²) in [5.74, 6) is -1.03. The van der Waals surface area contributed by atoms with E-state index in [0.717, 1.165) is 5.56 Å². The lowest BCUT2D eigenvalue weighted by Crippen LogP contribution is -2.38. The molecule has 0 saturated carbocycles. The van der Waals surface area contributed by atoms with E-state index in [-0.39, 0.29) is 5.78 Å². The molecule has 0 N–H and O–H groups in total. The average molecular weight is 420 g/mol. The Kier molecular flexibility index (Phi) is 5.25. The number of carbonyl (C=O) groups is 1. The molecular formula is C19H17IO3. The second kappa shape index (κ2) is 7.38. The first-order chi connectivity index (χ1) is 11.2. The third kappa shape index (κ3) is 3.54. The van der Waals surface area contributed by atoms with Crippen molar-refractivity contribution in [1.29, 1.82) is 0 Å². The van der Waals surface area contributed by atoms with Gasteiger partial charge in [-0.2, -0.15) is 0 Å². The Hall–Kier alpha value is -1.50. The van der Waals surface area contributed by atoms with Crippen molar-refractivity contribution >= 4 is 34.5 Å². The summed E-state index contributed by atoms with van der Waals surface area (Å²) in [6.45, 7) is 0.994. The van der Waals surface area contributed by atoms with Gasteiger partial charge in [-0.25, -0.2) is 0 Å². The Balaban J connectivity index is 2.07. The van der Waals surface area contributed by atoms with Crippen molar-refractivity contribution in [3.8, 4) is 0 Å². The first kappa shape index (κ1) is 16.4. The van der Waals surface area contributed by atoms with Crippen molar-refractivity contribution < 1.29 is 14.3 Å². The summed E-state index contributed by atoms with van der Waals surface area (Å²) in [7, 11) is 0. The van der Waals surface area contributed by atoms with Crippen molar-refractivity contribution in [2.45, 2.75) is 5.79 Å². The first-order valence-electron chi connectivity index (χ1n) is 7.46. The van der Waals surface area contributed by atoms with Gasteiger partial charge in [-0.15, -0.1) is 0 Å². The molecular weight excluding hydrogens is 403 g/mol. The molecule has 0 atom stereocenters. The van der Waals surface area contributed by atoms with Gasteiger partial charge < -0.3 is 9.47 Å². The van der Waals surface area contributed by atoms with Gasteiger partial charge in [0.15, 0.2) is 5.78 Å². The van der Waals surface area contributed by atoms with Crippen molar-refractivity contribution in [3.63, 3.8) is 0 Å². The second-order valence-electron chi connectivity index (χ2n) is 5.25. The fraction of sp³-hybridized carbons (Fsp3) is 0.211. The number of rotatable bonds is 5. The Labute approximate surface area is 149 Å². The maximum absolute atomic E-state index is 13.1. The standard InChI is InChI=1S/C19H17IO3/c20-14-19(22-11-12-23-19)17(13-15-7-3-1-4-8-15)18(21)16-9-5-2-6-10-16/h1-10,13H,11-12,14H2/b17-13-. The number of benzene rings is 2. The maximum Gasteiger partial charge on any atom is 0.208 e. The Morgan fingerprint density at radius 2 is 1.57 bits per heavy atom. The van der Waals surface area contributed by atoms with Gasteiger partial charge in [0.2, 0.25) is 5.79 Å². The van der Waals surface area contributed by atoms with Crippen LogP contribution in [0, 0.1) is 0 Å². The minimum Gasteiger partial charge on any atom is -0.343 e. The third-order valence-corrected chi connectivity index (χ3v) is 4.74. The molecule has 1 aliphatic heterocycles. The van der Waals surface area contributed by atoms with Gasteiger partial charge in [0.1, 0.15) is 0 Å². The molecule has 1 aliphatic rings. The summed E-state index contributed by atoms with van der Waals surface area (Å²) in [5.41, 5.74) is 2.13. The molecule has 4 heteroatoms. The van der Waals surface area contributed by atoms with E-state index in [1.807, 2.05) is 66.7 Å². The molecule has 2 aromatic carbocycles. The topological polar surface area (TPSA) is 35.5 Å². The fourth-order valence-corrected chi connectivity index (χ4v) is 3.42. The summed E-state index contributed by atoms with van der Waals surface area (Å²) >= 11 is 2.21. The van der Waals surface area contributed by atoms with Crippen LogP contribution in [0.15, 0.2) is 66.2 Å². The van der Waals surface area contributed by atoms with Crippen LogP contribution < -0.4 is 0 Å². The molecule has 1 fully saturated rings. The molecule has 0 bridgehead atoms. The molecule has 118 valence electrons. The number of alkyl halides is 1. The molecule has 0 amide bonds. The molecule has 2 aromatic rings. The fourth-order valence-electron chi connectivity index (χ4n) is 2.57. The number of ether oxygens (including phenoxy) is 2. The van der Waals surface area contributed by atoms with E-state index in [1.54, 1.807) is 0 Å². The smallest absolute Gasteiger partial charge is 0.208 e. The Morgan fingerprint density at radius 3 is 2.13 bits per heavy atom. The monoisotopic (exact) mass is 420 g/mol. The highest BCUT2D eigenvalue weighted by Gasteiger charge is 2.43. The van der Waals surface area contributed by atoms with Crippen LogP contribution in [-0.4, -0.2) is 29.2 Å². The normalized spacial score (nSPS) is 17.2. The van der Waals surface area contributed by atoms with Gasteiger partial charge in [-0.3, -0.25) is 4.79 Å². The van der Waals surface area contributed by atoms with E-state index in [2.05, 4.69) is 22.6 Å². The van der Waals surface area contributed by atoms with Crippen LogP contribution in [0.3, 0.4) is 0 Å². The summed E-state index contributed by atoms with van der Waals surface area (Å²) < 4.78 is 12.3. The lowest BCUT2D eigenvalue weighted by atomic mass is 9.95. The van der Waals surface area contributed by atoms with Crippen LogP contribution in [0.2, 0.25) is 0 Å². The Morgan fingerprint density at radius 1 is 1.00 bits per heavy atom. The Bertz CT molecular complexity index is 689. The number of hydrogen-bond acceptors (Lipinski definition) is 3. The van der Waals surface area contributed by atoms with E-state index < -0.39 is 5.79 Å².